The number of anilines is 1. The van der Waals surface area contributed by atoms with E-state index in [4.69, 9.17) is 4.74 Å². The summed E-state index contributed by atoms with van der Waals surface area (Å²) in [5.41, 5.74) is 1.31. The van der Waals surface area contributed by atoms with Gasteiger partial charge in [0.25, 0.3) is 5.91 Å². The van der Waals surface area contributed by atoms with Gasteiger partial charge >= 0.3 is 0 Å². The molecule has 3 rings (SSSR count). The van der Waals surface area contributed by atoms with Crippen molar-refractivity contribution in [3.63, 3.8) is 0 Å². The second-order valence-electron chi connectivity index (χ2n) is 6.18. The summed E-state index contributed by atoms with van der Waals surface area (Å²) in [6.07, 6.45) is 6.88. The van der Waals surface area contributed by atoms with Crippen molar-refractivity contribution < 1.29 is 9.53 Å². The van der Waals surface area contributed by atoms with Gasteiger partial charge in [0, 0.05) is 5.92 Å². The number of hydrogen-bond acceptors (Lipinski definition) is 4. The largest absolute Gasteiger partial charge is 0.365 e. The third-order valence-corrected chi connectivity index (χ3v) is 4.46. The molecule has 1 amide bonds. The van der Waals surface area contributed by atoms with Gasteiger partial charge in [-0.2, -0.15) is 10.4 Å². The van der Waals surface area contributed by atoms with Crippen molar-refractivity contribution in [1.82, 2.24) is 10.2 Å². The Bertz CT molecular complexity index is 579. The van der Waals surface area contributed by atoms with Crippen LogP contribution in [-0.2, 0) is 9.53 Å². The first kappa shape index (κ1) is 15.0. The predicted molar refractivity (Wildman–Crippen MR) is 81.3 cm³/mol. The van der Waals surface area contributed by atoms with Gasteiger partial charge < -0.3 is 10.1 Å². The minimum Gasteiger partial charge on any atom is -0.365 e. The van der Waals surface area contributed by atoms with Gasteiger partial charge in [-0.15, -0.1) is 0 Å². The number of amides is 1. The normalized spacial score (nSPS) is 19.8. The highest BCUT2D eigenvalue weighted by Gasteiger charge is 2.31. The Balaban J connectivity index is 1.66. The minimum absolute atomic E-state index is 0.187. The molecule has 1 unspecified atom stereocenters. The average Bonchev–Trinajstić information content (AvgIpc) is 3.09. The van der Waals surface area contributed by atoms with Crippen LogP contribution >= 0.6 is 0 Å². The van der Waals surface area contributed by atoms with Crippen LogP contribution in [0.15, 0.2) is 0 Å². The van der Waals surface area contributed by atoms with Crippen molar-refractivity contribution in [2.75, 3.05) is 5.32 Å². The van der Waals surface area contributed by atoms with Gasteiger partial charge in [0.15, 0.2) is 5.82 Å². The number of carbonyl (C=O) groups is 1. The highest BCUT2D eigenvalue weighted by atomic mass is 16.5. The van der Waals surface area contributed by atoms with Crippen molar-refractivity contribution in [1.29, 1.82) is 5.26 Å². The van der Waals surface area contributed by atoms with E-state index >= 15 is 0 Å². The van der Waals surface area contributed by atoms with E-state index < -0.39 is 6.10 Å². The van der Waals surface area contributed by atoms with E-state index in [2.05, 4.69) is 21.6 Å². The second kappa shape index (κ2) is 6.49. The summed E-state index contributed by atoms with van der Waals surface area (Å²) >= 11 is 0. The topological polar surface area (TPSA) is 90.8 Å². The minimum atomic E-state index is -0.476. The molecule has 2 saturated carbocycles. The van der Waals surface area contributed by atoms with Crippen molar-refractivity contribution in [3.05, 3.63) is 11.3 Å². The molecule has 2 fully saturated rings. The van der Waals surface area contributed by atoms with Gasteiger partial charge in [0.2, 0.25) is 0 Å². The number of hydrogen-bond donors (Lipinski definition) is 2. The third kappa shape index (κ3) is 3.14. The van der Waals surface area contributed by atoms with Gasteiger partial charge in [0.05, 0.1) is 11.8 Å². The molecule has 0 spiro atoms. The molecule has 2 aliphatic carbocycles. The number of nitrogens with zero attached hydrogens (tertiary/aromatic N) is 2. The Hall–Kier alpha value is -1.87. The van der Waals surface area contributed by atoms with Gasteiger partial charge in [0.1, 0.15) is 17.7 Å². The predicted octanol–water partition coefficient (Wildman–Crippen LogP) is 2.84. The highest BCUT2D eigenvalue weighted by Crippen LogP contribution is 2.41. The number of ether oxygens (including phenoxy) is 1. The lowest BCUT2D eigenvalue weighted by atomic mass is 10.1. The number of H-pyrrole nitrogens is 1. The lowest BCUT2D eigenvalue weighted by Gasteiger charge is -2.19. The molecule has 118 valence electrons. The van der Waals surface area contributed by atoms with Gasteiger partial charge in [-0.05, 0) is 32.1 Å². The number of nitrogens with one attached hydrogen (secondary N) is 2. The summed E-state index contributed by atoms with van der Waals surface area (Å²) in [6, 6.07) is 2.15. The van der Waals surface area contributed by atoms with Gasteiger partial charge in [-0.25, -0.2) is 0 Å². The maximum Gasteiger partial charge on any atom is 0.254 e. The molecule has 0 saturated heterocycles. The summed E-state index contributed by atoms with van der Waals surface area (Å²) in [5, 5.41) is 19.1. The third-order valence-electron chi connectivity index (χ3n) is 4.46. The highest BCUT2D eigenvalue weighted by molar-refractivity contribution is 5.94. The fraction of sp³-hybridized carbons (Fsp3) is 0.688. The Morgan fingerprint density at radius 3 is 2.77 bits per heavy atom. The molecule has 1 atom stereocenters. The number of aromatic amines is 1. The molecule has 22 heavy (non-hydrogen) atoms. The number of aromatic nitrogens is 2. The molecule has 6 heteroatoms. The first-order valence-electron chi connectivity index (χ1n) is 8.17. The van der Waals surface area contributed by atoms with Crippen LogP contribution in [0.3, 0.4) is 0 Å². The molecule has 0 bridgehead atoms. The van der Waals surface area contributed by atoms with Gasteiger partial charge in [-0.3, -0.25) is 9.89 Å². The standard InChI is InChI=1S/C16H22N4O2/c1-2-13(22-11-5-3-4-6-11)16(21)18-15-12(9-17)14(19-20-15)10-7-8-10/h10-11,13H,2-8H2,1H3,(H2,18,19,20,21). The van der Waals surface area contributed by atoms with Crippen LogP contribution in [-0.4, -0.2) is 28.3 Å². The van der Waals surface area contributed by atoms with Crippen LogP contribution in [0.1, 0.15) is 69.0 Å². The van der Waals surface area contributed by atoms with Crippen LogP contribution < -0.4 is 5.32 Å². The quantitative estimate of drug-likeness (QED) is 0.845. The fourth-order valence-electron chi connectivity index (χ4n) is 3.02. The van der Waals surface area contributed by atoms with E-state index in [0.29, 0.717) is 23.7 Å². The first-order chi connectivity index (χ1) is 10.7. The Morgan fingerprint density at radius 1 is 1.45 bits per heavy atom. The first-order valence-corrected chi connectivity index (χ1v) is 8.17. The summed E-state index contributed by atoms with van der Waals surface area (Å²) in [4.78, 5) is 12.4. The van der Waals surface area contributed by atoms with Crippen LogP contribution in [0, 0.1) is 11.3 Å². The Morgan fingerprint density at radius 2 is 2.18 bits per heavy atom. The molecular weight excluding hydrogens is 280 g/mol. The maximum absolute atomic E-state index is 12.4. The van der Waals surface area contributed by atoms with Crippen molar-refractivity contribution in [2.45, 2.75) is 70.0 Å². The lowest BCUT2D eigenvalue weighted by Crippen LogP contribution is -2.33. The zero-order chi connectivity index (χ0) is 15.5. The molecule has 2 aliphatic rings. The van der Waals surface area contributed by atoms with Crippen molar-refractivity contribution in [3.8, 4) is 6.07 Å². The zero-order valence-electron chi connectivity index (χ0n) is 12.9. The summed E-state index contributed by atoms with van der Waals surface area (Å²) in [7, 11) is 0. The van der Waals surface area contributed by atoms with Crippen LogP contribution in [0.25, 0.3) is 0 Å². The van der Waals surface area contributed by atoms with E-state index in [9.17, 15) is 10.1 Å². The Labute approximate surface area is 130 Å². The lowest BCUT2D eigenvalue weighted by molar-refractivity contribution is -0.131. The SMILES string of the molecule is CCC(OC1CCCC1)C(=O)Nc1n[nH]c(C2CC2)c1C#N. The molecule has 2 N–H and O–H groups in total. The van der Waals surface area contributed by atoms with E-state index in [-0.39, 0.29) is 12.0 Å². The Kier molecular flexibility index (Phi) is 4.44. The molecule has 0 radical (unpaired) electrons. The maximum atomic E-state index is 12.4. The number of rotatable bonds is 6. The number of nitriles is 1. The monoisotopic (exact) mass is 302 g/mol. The fourth-order valence-corrected chi connectivity index (χ4v) is 3.02. The summed E-state index contributed by atoms with van der Waals surface area (Å²) in [6.45, 7) is 1.94. The average molecular weight is 302 g/mol. The van der Waals surface area contributed by atoms with E-state index in [1.165, 1.54) is 12.8 Å². The van der Waals surface area contributed by atoms with Crippen LogP contribution in [0.4, 0.5) is 5.82 Å². The molecule has 1 aromatic heterocycles. The zero-order valence-corrected chi connectivity index (χ0v) is 12.9. The molecule has 1 aromatic rings. The van der Waals surface area contributed by atoms with E-state index in [0.717, 1.165) is 31.4 Å². The second-order valence-corrected chi connectivity index (χ2v) is 6.18. The number of carbonyl (C=O) groups excluding carboxylic acids is 1. The van der Waals surface area contributed by atoms with Crippen molar-refractivity contribution >= 4 is 11.7 Å². The molecular formula is C16H22N4O2. The van der Waals surface area contributed by atoms with Crippen molar-refractivity contribution in [2.24, 2.45) is 0 Å². The molecule has 6 nitrogen and oxygen atoms in total. The van der Waals surface area contributed by atoms with Crippen LogP contribution in [0.2, 0.25) is 0 Å². The van der Waals surface area contributed by atoms with Crippen LogP contribution in [0.5, 0.6) is 0 Å². The molecule has 0 aromatic carbocycles. The van der Waals surface area contributed by atoms with Gasteiger partial charge in [-0.1, -0.05) is 19.8 Å². The summed E-state index contributed by atoms with van der Waals surface area (Å²) in [5.74, 6) is 0.520. The van der Waals surface area contributed by atoms with E-state index in [1.807, 2.05) is 6.92 Å². The van der Waals surface area contributed by atoms with E-state index in [1.54, 1.807) is 0 Å². The summed E-state index contributed by atoms with van der Waals surface area (Å²) < 4.78 is 5.90. The molecule has 0 aliphatic heterocycles. The smallest absolute Gasteiger partial charge is 0.254 e. The molecule has 1 heterocycles.